The molecule has 0 nitrogen and oxygen atoms in total. The summed E-state index contributed by atoms with van der Waals surface area (Å²) >= 11 is 0. The van der Waals surface area contributed by atoms with Gasteiger partial charge in [-0.3, -0.25) is 0 Å². The van der Waals surface area contributed by atoms with E-state index in [2.05, 4.69) is 0 Å². The van der Waals surface area contributed by atoms with E-state index in [0.29, 0.717) is 0 Å². The summed E-state index contributed by atoms with van der Waals surface area (Å²) in [7, 11) is 0. The first-order chi connectivity index (χ1) is 11.4. The van der Waals surface area contributed by atoms with Gasteiger partial charge in [0.25, 0.3) is 0 Å². The van der Waals surface area contributed by atoms with Crippen molar-refractivity contribution in [3.63, 3.8) is 0 Å². The lowest BCUT2D eigenvalue weighted by atomic mass is 9.58. The van der Waals surface area contributed by atoms with Gasteiger partial charge in [0.15, 0.2) is 0 Å². The summed E-state index contributed by atoms with van der Waals surface area (Å²) in [6.07, 6.45) is 26.7. The second-order valence-corrected chi connectivity index (χ2v) is 9.84. The van der Waals surface area contributed by atoms with E-state index in [4.69, 9.17) is 0 Å². The van der Waals surface area contributed by atoms with Gasteiger partial charge in [0, 0.05) is 0 Å². The van der Waals surface area contributed by atoms with Gasteiger partial charge in [0.1, 0.15) is 0 Å². The zero-order valence-electron chi connectivity index (χ0n) is 15.5. The van der Waals surface area contributed by atoms with E-state index in [9.17, 15) is 0 Å². The minimum Gasteiger partial charge on any atom is -0.0533 e. The lowest BCUT2D eigenvalue weighted by Gasteiger charge is -2.48. The predicted octanol–water partition coefficient (Wildman–Crippen LogP) is 7.37. The molecule has 4 rings (SSSR count). The molecule has 0 amide bonds. The standard InChI is InChI=1S/C23H40/c1-3-8-18(9-4-1)16-19-14-15-23-21(17-19)12-7-13-22(23)20-10-5-2-6-11-20/h18-23H,1-17H2. The maximum absolute atomic E-state index is 1.63. The highest BCUT2D eigenvalue weighted by molar-refractivity contribution is 4.91. The molecular formula is C23H40. The molecule has 0 aromatic rings. The van der Waals surface area contributed by atoms with Gasteiger partial charge in [-0.05, 0) is 61.2 Å². The zero-order chi connectivity index (χ0) is 15.5. The first-order valence-corrected chi connectivity index (χ1v) is 11.4. The summed E-state index contributed by atoms with van der Waals surface area (Å²) in [6, 6.07) is 0. The summed E-state index contributed by atoms with van der Waals surface area (Å²) in [5, 5.41) is 0. The lowest BCUT2D eigenvalue weighted by Crippen LogP contribution is -2.38. The van der Waals surface area contributed by atoms with E-state index >= 15 is 0 Å². The van der Waals surface area contributed by atoms with E-state index in [0.717, 1.165) is 35.5 Å². The Morgan fingerprint density at radius 2 is 1.09 bits per heavy atom. The van der Waals surface area contributed by atoms with Gasteiger partial charge in [-0.15, -0.1) is 0 Å². The monoisotopic (exact) mass is 316 g/mol. The summed E-state index contributed by atoms with van der Waals surface area (Å²) in [5.41, 5.74) is 0. The molecule has 4 unspecified atom stereocenters. The van der Waals surface area contributed by atoms with Crippen LogP contribution in [-0.4, -0.2) is 0 Å². The van der Waals surface area contributed by atoms with E-state index < -0.39 is 0 Å². The molecule has 0 radical (unpaired) electrons. The van der Waals surface area contributed by atoms with Crippen molar-refractivity contribution in [1.82, 2.24) is 0 Å². The van der Waals surface area contributed by atoms with Gasteiger partial charge in [0.05, 0.1) is 0 Å². The largest absolute Gasteiger partial charge is 0.0533 e. The molecule has 4 aliphatic rings. The van der Waals surface area contributed by atoms with Crippen LogP contribution in [0.25, 0.3) is 0 Å². The molecule has 0 heterocycles. The van der Waals surface area contributed by atoms with Gasteiger partial charge < -0.3 is 0 Å². The van der Waals surface area contributed by atoms with Crippen molar-refractivity contribution < 1.29 is 0 Å². The van der Waals surface area contributed by atoms with Crippen LogP contribution in [0.15, 0.2) is 0 Å². The molecule has 132 valence electrons. The number of fused-ring (bicyclic) bond motifs is 1. The van der Waals surface area contributed by atoms with Gasteiger partial charge in [-0.25, -0.2) is 0 Å². The van der Waals surface area contributed by atoms with Crippen LogP contribution in [0, 0.1) is 35.5 Å². The van der Waals surface area contributed by atoms with Crippen molar-refractivity contribution >= 4 is 0 Å². The normalized spacial score (nSPS) is 40.7. The van der Waals surface area contributed by atoms with Crippen LogP contribution < -0.4 is 0 Å². The maximum Gasteiger partial charge on any atom is -0.0355 e. The van der Waals surface area contributed by atoms with E-state index in [-0.39, 0.29) is 0 Å². The van der Waals surface area contributed by atoms with Crippen molar-refractivity contribution in [3.8, 4) is 0 Å². The second-order valence-electron chi connectivity index (χ2n) is 9.84. The molecule has 0 N–H and O–H groups in total. The van der Waals surface area contributed by atoms with Crippen LogP contribution >= 0.6 is 0 Å². The first kappa shape index (κ1) is 16.5. The quantitative estimate of drug-likeness (QED) is 0.510. The minimum absolute atomic E-state index is 1.11. The SMILES string of the molecule is C1CCC(CC2CCC3C(CCCC3C3CCCCC3)C2)CC1. The predicted molar refractivity (Wildman–Crippen MR) is 99.4 cm³/mol. The van der Waals surface area contributed by atoms with Crippen LogP contribution in [0.4, 0.5) is 0 Å². The third-order valence-electron chi connectivity index (χ3n) is 8.46. The smallest absolute Gasteiger partial charge is 0.0355 e. The van der Waals surface area contributed by atoms with Crippen molar-refractivity contribution in [2.24, 2.45) is 35.5 Å². The molecule has 0 aromatic carbocycles. The molecule has 0 bridgehead atoms. The van der Waals surface area contributed by atoms with E-state index in [1.54, 1.807) is 83.5 Å². The number of rotatable bonds is 3. The Bertz CT molecular complexity index is 347. The molecule has 0 aromatic heterocycles. The summed E-state index contributed by atoms with van der Waals surface area (Å²) in [6.45, 7) is 0. The fourth-order valence-corrected chi connectivity index (χ4v) is 7.37. The fraction of sp³-hybridized carbons (Fsp3) is 1.00. The van der Waals surface area contributed by atoms with Crippen molar-refractivity contribution in [3.05, 3.63) is 0 Å². The van der Waals surface area contributed by atoms with Gasteiger partial charge in [-0.2, -0.15) is 0 Å². The minimum atomic E-state index is 1.11. The summed E-state index contributed by atoms with van der Waals surface area (Å²) in [4.78, 5) is 0. The lowest BCUT2D eigenvalue weighted by molar-refractivity contribution is 0.0259. The third-order valence-corrected chi connectivity index (χ3v) is 8.46. The van der Waals surface area contributed by atoms with Crippen molar-refractivity contribution in [2.75, 3.05) is 0 Å². The summed E-state index contributed by atoms with van der Waals surface area (Å²) in [5.74, 6) is 6.79. The molecular weight excluding hydrogens is 276 g/mol. The zero-order valence-corrected chi connectivity index (χ0v) is 15.5. The molecule has 0 spiro atoms. The third kappa shape index (κ3) is 3.98. The first-order valence-electron chi connectivity index (χ1n) is 11.4. The Morgan fingerprint density at radius 1 is 0.435 bits per heavy atom. The highest BCUT2D eigenvalue weighted by atomic mass is 14.5. The maximum atomic E-state index is 1.63. The number of hydrogen-bond donors (Lipinski definition) is 0. The Labute approximate surface area is 145 Å². The Kier molecular flexibility index (Phi) is 5.67. The Balaban J connectivity index is 1.32. The highest BCUT2D eigenvalue weighted by Gasteiger charge is 2.41. The van der Waals surface area contributed by atoms with Gasteiger partial charge in [0.2, 0.25) is 0 Å². The number of hydrogen-bond acceptors (Lipinski definition) is 0. The molecule has 4 atom stereocenters. The van der Waals surface area contributed by atoms with Gasteiger partial charge >= 0.3 is 0 Å². The Hall–Kier alpha value is 0. The van der Waals surface area contributed by atoms with Crippen LogP contribution in [0.1, 0.15) is 109 Å². The van der Waals surface area contributed by atoms with Crippen molar-refractivity contribution in [1.29, 1.82) is 0 Å². The molecule has 0 saturated heterocycles. The molecule has 0 heteroatoms. The van der Waals surface area contributed by atoms with Gasteiger partial charge in [-0.1, -0.05) is 83.5 Å². The molecule has 23 heavy (non-hydrogen) atoms. The van der Waals surface area contributed by atoms with Crippen molar-refractivity contribution in [2.45, 2.75) is 109 Å². The fourth-order valence-electron chi connectivity index (χ4n) is 7.37. The van der Waals surface area contributed by atoms with Crippen LogP contribution in [-0.2, 0) is 0 Å². The average molecular weight is 317 g/mol. The molecule has 4 aliphatic carbocycles. The second kappa shape index (κ2) is 7.92. The Morgan fingerprint density at radius 3 is 1.87 bits per heavy atom. The molecule has 4 fully saturated rings. The molecule has 0 aliphatic heterocycles. The highest BCUT2D eigenvalue weighted by Crippen LogP contribution is 2.51. The van der Waals surface area contributed by atoms with E-state index in [1.807, 2.05) is 0 Å². The van der Waals surface area contributed by atoms with E-state index in [1.165, 1.54) is 25.7 Å². The van der Waals surface area contributed by atoms with Crippen LogP contribution in [0.3, 0.4) is 0 Å². The summed E-state index contributed by atoms with van der Waals surface area (Å²) < 4.78 is 0. The topological polar surface area (TPSA) is 0 Å². The average Bonchev–Trinajstić information content (AvgIpc) is 2.63. The van der Waals surface area contributed by atoms with Crippen LogP contribution in [0.2, 0.25) is 0 Å². The van der Waals surface area contributed by atoms with Crippen LogP contribution in [0.5, 0.6) is 0 Å². The molecule has 4 saturated carbocycles.